The number of oxazole rings is 1. The van der Waals surface area contributed by atoms with Crippen LogP contribution < -0.4 is 5.32 Å². The predicted molar refractivity (Wildman–Crippen MR) is 72.3 cm³/mol. The van der Waals surface area contributed by atoms with Gasteiger partial charge in [0.15, 0.2) is 0 Å². The Kier molecular flexibility index (Phi) is 4.53. The predicted octanol–water partition coefficient (Wildman–Crippen LogP) is 2.96. The first-order chi connectivity index (χ1) is 8.78. The quantitative estimate of drug-likeness (QED) is 0.849. The van der Waals surface area contributed by atoms with E-state index in [0.717, 1.165) is 24.5 Å². The van der Waals surface area contributed by atoms with Crippen molar-refractivity contribution in [3.05, 3.63) is 53.7 Å². The summed E-state index contributed by atoms with van der Waals surface area (Å²) in [6.45, 7) is 4.93. The summed E-state index contributed by atoms with van der Waals surface area (Å²) >= 11 is 0. The van der Waals surface area contributed by atoms with Gasteiger partial charge in [-0.1, -0.05) is 37.3 Å². The number of hydrogen-bond donors (Lipinski definition) is 1. The number of rotatable bonds is 6. The summed E-state index contributed by atoms with van der Waals surface area (Å²) < 4.78 is 5.56. The van der Waals surface area contributed by atoms with Gasteiger partial charge in [-0.25, -0.2) is 4.98 Å². The van der Waals surface area contributed by atoms with Crippen molar-refractivity contribution >= 4 is 0 Å². The van der Waals surface area contributed by atoms with Crippen molar-refractivity contribution in [1.82, 2.24) is 10.3 Å². The molecule has 1 heterocycles. The molecule has 0 spiro atoms. The van der Waals surface area contributed by atoms with Crippen LogP contribution in [0.1, 0.15) is 31.1 Å². The van der Waals surface area contributed by atoms with Crippen molar-refractivity contribution in [2.45, 2.75) is 39.3 Å². The Balaban J connectivity index is 1.79. The molecular weight excluding hydrogens is 224 g/mol. The van der Waals surface area contributed by atoms with Gasteiger partial charge in [-0.15, -0.1) is 0 Å². The van der Waals surface area contributed by atoms with E-state index in [1.807, 2.05) is 6.07 Å². The molecule has 1 aromatic heterocycles. The van der Waals surface area contributed by atoms with E-state index in [4.69, 9.17) is 4.42 Å². The molecule has 0 radical (unpaired) electrons. The van der Waals surface area contributed by atoms with E-state index in [2.05, 4.69) is 48.4 Å². The smallest absolute Gasteiger partial charge is 0.208 e. The molecule has 96 valence electrons. The van der Waals surface area contributed by atoms with Gasteiger partial charge >= 0.3 is 0 Å². The summed E-state index contributed by atoms with van der Waals surface area (Å²) in [5.74, 6) is 1.72. The molecule has 3 heteroatoms. The van der Waals surface area contributed by atoms with Crippen LogP contribution in [0.25, 0.3) is 0 Å². The van der Waals surface area contributed by atoms with Crippen LogP contribution in [-0.4, -0.2) is 11.0 Å². The largest absolute Gasteiger partial charge is 0.444 e. The highest BCUT2D eigenvalue weighted by molar-refractivity contribution is 5.15. The van der Waals surface area contributed by atoms with E-state index in [-0.39, 0.29) is 0 Å². The molecule has 0 aliphatic heterocycles. The Labute approximate surface area is 108 Å². The van der Waals surface area contributed by atoms with Gasteiger partial charge in [0.05, 0.1) is 12.7 Å². The van der Waals surface area contributed by atoms with E-state index in [9.17, 15) is 0 Å². The third kappa shape index (κ3) is 3.70. The van der Waals surface area contributed by atoms with Crippen molar-refractivity contribution in [2.75, 3.05) is 0 Å². The third-order valence-electron chi connectivity index (χ3n) is 2.94. The molecule has 1 aromatic carbocycles. The molecule has 0 aliphatic carbocycles. The lowest BCUT2D eigenvalue weighted by Crippen LogP contribution is -2.27. The van der Waals surface area contributed by atoms with Gasteiger partial charge in [0, 0.05) is 12.5 Å². The van der Waals surface area contributed by atoms with E-state index < -0.39 is 0 Å². The minimum Gasteiger partial charge on any atom is -0.444 e. The van der Waals surface area contributed by atoms with E-state index in [0.29, 0.717) is 12.6 Å². The minimum atomic E-state index is 0.407. The molecule has 1 unspecified atom stereocenters. The Morgan fingerprint density at radius 3 is 2.72 bits per heavy atom. The lowest BCUT2D eigenvalue weighted by atomic mass is 10.1. The number of hydrogen-bond acceptors (Lipinski definition) is 3. The Morgan fingerprint density at radius 1 is 1.28 bits per heavy atom. The fraction of sp³-hybridized carbons (Fsp3) is 0.400. The molecule has 3 nitrogen and oxygen atoms in total. The number of nitrogens with zero attached hydrogens (tertiary/aromatic N) is 1. The first-order valence-electron chi connectivity index (χ1n) is 6.49. The fourth-order valence-electron chi connectivity index (χ4n) is 1.89. The van der Waals surface area contributed by atoms with Gasteiger partial charge in [0.1, 0.15) is 5.76 Å². The van der Waals surface area contributed by atoms with Gasteiger partial charge in [-0.3, -0.25) is 0 Å². The lowest BCUT2D eigenvalue weighted by molar-refractivity contribution is 0.420. The summed E-state index contributed by atoms with van der Waals surface area (Å²) in [5.41, 5.74) is 1.35. The molecule has 2 aromatic rings. The van der Waals surface area contributed by atoms with Gasteiger partial charge in [-0.05, 0) is 18.9 Å². The zero-order valence-electron chi connectivity index (χ0n) is 11.0. The molecule has 0 saturated carbocycles. The van der Waals surface area contributed by atoms with E-state index >= 15 is 0 Å². The summed E-state index contributed by atoms with van der Waals surface area (Å²) in [6, 6.07) is 10.9. The summed E-state index contributed by atoms with van der Waals surface area (Å²) in [5, 5.41) is 3.43. The van der Waals surface area contributed by atoms with Crippen LogP contribution in [-0.2, 0) is 19.4 Å². The molecule has 0 bridgehead atoms. The second kappa shape index (κ2) is 6.36. The van der Waals surface area contributed by atoms with Crippen LogP contribution in [0.15, 0.2) is 40.9 Å². The van der Waals surface area contributed by atoms with E-state index in [1.54, 1.807) is 6.20 Å². The molecule has 0 aliphatic rings. The van der Waals surface area contributed by atoms with Crippen LogP contribution in [0.4, 0.5) is 0 Å². The molecule has 1 N–H and O–H groups in total. The van der Waals surface area contributed by atoms with E-state index in [1.165, 1.54) is 5.56 Å². The SMILES string of the molecule is CCc1cnc(CNC(C)Cc2ccccc2)o1. The molecule has 0 saturated heterocycles. The Bertz CT molecular complexity index is 464. The zero-order chi connectivity index (χ0) is 12.8. The van der Waals surface area contributed by atoms with Gasteiger partial charge in [0.2, 0.25) is 5.89 Å². The second-order valence-electron chi connectivity index (χ2n) is 4.55. The molecule has 1 atom stereocenters. The Morgan fingerprint density at radius 2 is 2.06 bits per heavy atom. The second-order valence-corrected chi connectivity index (χ2v) is 4.55. The molecular formula is C15H20N2O. The van der Waals surface area contributed by atoms with Crippen molar-refractivity contribution in [1.29, 1.82) is 0 Å². The first kappa shape index (κ1) is 12.8. The lowest BCUT2D eigenvalue weighted by Gasteiger charge is -2.12. The van der Waals surface area contributed by atoms with Crippen LogP contribution in [0.5, 0.6) is 0 Å². The number of nitrogens with one attached hydrogen (secondary N) is 1. The van der Waals surface area contributed by atoms with Crippen LogP contribution in [0.3, 0.4) is 0 Å². The molecule has 0 fully saturated rings. The standard InChI is InChI=1S/C15H20N2O/c1-3-14-10-17-15(18-14)11-16-12(2)9-13-7-5-4-6-8-13/h4-8,10,12,16H,3,9,11H2,1-2H3. The average Bonchev–Trinajstić information content (AvgIpc) is 2.85. The fourth-order valence-corrected chi connectivity index (χ4v) is 1.89. The summed E-state index contributed by atoms with van der Waals surface area (Å²) in [4.78, 5) is 4.24. The molecule has 0 amide bonds. The highest BCUT2D eigenvalue weighted by Gasteiger charge is 2.06. The van der Waals surface area contributed by atoms with Crippen LogP contribution in [0, 0.1) is 0 Å². The van der Waals surface area contributed by atoms with Crippen molar-refractivity contribution in [2.24, 2.45) is 0 Å². The number of benzene rings is 1. The van der Waals surface area contributed by atoms with Gasteiger partial charge in [0.25, 0.3) is 0 Å². The van der Waals surface area contributed by atoms with Gasteiger partial charge in [-0.2, -0.15) is 0 Å². The number of aryl methyl sites for hydroxylation is 1. The maximum absolute atomic E-state index is 5.56. The van der Waals surface area contributed by atoms with Crippen molar-refractivity contribution in [3.63, 3.8) is 0 Å². The molecule has 2 rings (SSSR count). The number of aromatic nitrogens is 1. The maximum Gasteiger partial charge on any atom is 0.208 e. The van der Waals surface area contributed by atoms with Crippen molar-refractivity contribution in [3.8, 4) is 0 Å². The minimum absolute atomic E-state index is 0.407. The maximum atomic E-state index is 5.56. The first-order valence-corrected chi connectivity index (χ1v) is 6.49. The third-order valence-corrected chi connectivity index (χ3v) is 2.94. The topological polar surface area (TPSA) is 38.1 Å². The Hall–Kier alpha value is -1.61. The van der Waals surface area contributed by atoms with Crippen LogP contribution >= 0.6 is 0 Å². The van der Waals surface area contributed by atoms with Crippen LogP contribution in [0.2, 0.25) is 0 Å². The average molecular weight is 244 g/mol. The zero-order valence-corrected chi connectivity index (χ0v) is 11.0. The molecule has 18 heavy (non-hydrogen) atoms. The monoisotopic (exact) mass is 244 g/mol. The van der Waals surface area contributed by atoms with Crippen molar-refractivity contribution < 1.29 is 4.42 Å². The summed E-state index contributed by atoms with van der Waals surface area (Å²) in [6.07, 6.45) is 3.72. The normalized spacial score (nSPS) is 12.6. The highest BCUT2D eigenvalue weighted by atomic mass is 16.4. The summed E-state index contributed by atoms with van der Waals surface area (Å²) in [7, 11) is 0. The highest BCUT2D eigenvalue weighted by Crippen LogP contribution is 2.06. The van der Waals surface area contributed by atoms with Gasteiger partial charge < -0.3 is 9.73 Å².